The van der Waals surface area contributed by atoms with Crippen molar-refractivity contribution in [2.45, 2.75) is 37.4 Å². The van der Waals surface area contributed by atoms with E-state index in [1.54, 1.807) is 0 Å². The number of carbonyl (C=O) groups excluding carboxylic acids is 2. The van der Waals surface area contributed by atoms with Crippen molar-refractivity contribution in [3.05, 3.63) is 23.3 Å². The second-order valence-corrected chi connectivity index (χ2v) is 7.36. The molecule has 0 aliphatic heterocycles. The van der Waals surface area contributed by atoms with Crippen molar-refractivity contribution in [1.82, 2.24) is 0 Å². The van der Waals surface area contributed by atoms with E-state index in [4.69, 9.17) is 46.4 Å². The summed E-state index contributed by atoms with van der Waals surface area (Å²) in [5.41, 5.74) is 2.79. The van der Waals surface area contributed by atoms with Crippen LogP contribution in [0, 0.1) is 13.8 Å². The zero-order valence-electron chi connectivity index (χ0n) is 13.9. The molecule has 0 N–H and O–H groups in total. The van der Waals surface area contributed by atoms with Crippen molar-refractivity contribution in [3.63, 3.8) is 0 Å². The minimum absolute atomic E-state index is 0.350. The van der Waals surface area contributed by atoms with E-state index in [0.29, 0.717) is 24.5 Å². The van der Waals surface area contributed by atoms with Gasteiger partial charge in [-0.15, -0.1) is 0 Å². The zero-order valence-corrected chi connectivity index (χ0v) is 17.0. The van der Waals surface area contributed by atoms with Crippen LogP contribution in [0.3, 0.4) is 0 Å². The van der Waals surface area contributed by atoms with Gasteiger partial charge in [0, 0.05) is 13.1 Å². The van der Waals surface area contributed by atoms with Gasteiger partial charge in [0.2, 0.25) is 0 Å². The van der Waals surface area contributed by atoms with Crippen molar-refractivity contribution in [2.24, 2.45) is 0 Å². The molecule has 0 bridgehead atoms. The fraction of sp³-hybridized carbons (Fsp3) is 0.500. The number of nitrogens with zero attached hydrogens (tertiary/aromatic N) is 2. The first-order chi connectivity index (χ1) is 11.2. The van der Waals surface area contributed by atoms with Gasteiger partial charge in [-0.25, -0.2) is 0 Å². The second-order valence-electron chi connectivity index (χ2n) is 5.16. The molecule has 0 aliphatic carbocycles. The summed E-state index contributed by atoms with van der Waals surface area (Å²) in [6.07, 6.45) is 0. The summed E-state index contributed by atoms with van der Waals surface area (Å²) in [5, 5.41) is 0. The lowest BCUT2D eigenvalue weighted by molar-refractivity contribution is -0.118. The SMILES string of the molecule is CCN(C(=O)C(Cl)Cl)c1c(C)ccc(C)c1N(CC)C(=O)C(Cl)Cl. The summed E-state index contributed by atoms with van der Waals surface area (Å²) >= 11 is 23.1. The molecule has 0 saturated heterocycles. The highest BCUT2D eigenvalue weighted by Gasteiger charge is 2.30. The van der Waals surface area contributed by atoms with Crippen LogP contribution in [0.2, 0.25) is 0 Å². The number of aryl methyl sites for hydroxylation is 2. The number of rotatable bonds is 6. The molecule has 0 fully saturated rings. The van der Waals surface area contributed by atoms with Crippen LogP contribution in [-0.2, 0) is 9.59 Å². The molecule has 0 saturated carbocycles. The summed E-state index contributed by atoms with van der Waals surface area (Å²) in [6.45, 7) is 8.02. The van der Waals surface area contributed by atoms with Crippen molar-refractivity contribution in [3.8, 4) is 0 Å². The maximum absolute atomic E-state index is 12.4. The first-order valence-electron chi connectivity index (χ1n) is 7.46. The van der Waals surface area contributed by atoms with Gasteiger partial charge in [0.05, 0.1) is 11.4 Å². The number of hydrogen-bond donors (Lipinski definition) is 0. The van der Waals surface area contributed by atoms with Crippen molar-refractivity contribution >= 4 is 69.6 Å². The quantitative estimate of drug-likeness (QED) is 0.638. The molecular weight excluding hydrogens is 394 g/mol. The molecule has 2 amide bonds. The van der Waals surface area contributed by atoms with Crippen LogP contribution >= 0.6 is 46.4 Å². The van der Waals surface area contributed by atoms with Crippen molar-refractivity contribution < 1.29 is 9.59 Å². The normalized spacial score (nSPS) is 11.1. The second kappa shape index (κ2) is 9.14. The Labute approximate surface area is 162 Å². The summed E-state index contributed by atoms with van der Waals surface area (Å²) in [6, 6.07) is 3.75. The van der Waals surface area contributed by atoms with Gasteiger partial charge in [-0.05, 0) is 38.8 Å². The van der Waals surface area contributed by atoms with Gasteiger partial charge >= 0.3 is 0 Å². The predicted molar refractivity (Wildman–Crippen MR) is 103 cm³/mol. The lowest BCUT2D eigenvalue weighted by Gasteiger charge is -2.32. The Morgan fingerprint density at radius 3 is 1.33 bits per heavy atom. The first kappa shape index (κ1) is 21.4. The zero-order chi connectivity index (χ0) is 18.6. The fourth-order valence-electron chi connectivity index (χ4n) is 2.55. The summed E-state index contributed by atoms with van der Waals surface area (Å²) < 4.78 is 0. The van der Waals surface area contributed by atoms with E-state index in [1.165, 1.54) is 9.80 Å². The maximum atomic E-state index is 12.4. The molecule has 8 heteroatoms. The van der Waals surface area contributed by atoms with E-state index in [9.17, 15) is 9.59 Å². The number of halogens is 4. The van der Waals surface area contributed by atoms with Crippen molar-refractivity contribution in [2.75, 3.05) is 22.9 Å². The van der Waals surface area contributed by atoms with E-state index in [2.05, 4.69) is 0 Å². The standard InChI is InChI=1S/C16H20Cl4N2O2/c1-5-21(15(23)13(17)18)11-9(3)7-8-10(4)12(11)22(6-2)16(24)14(19)20/h7-8,13-14H,5-6H2,1-4H3. The molecule has 0 unspecified atom stereocenters. The number of amides is 2. The Morgan fingerprint density at radius 2 is 1.12 bits per heavy atom. The van der Waals surface area contributed by atoms with Crippen LogP contribution in [0.25, 0.3) is 0 Å². The molecule has 1 aromatic rings. The number of hydrogen-bond acceptors (Lipinski definition) is 2. The predicted octanol–water partition coefficient (Wildman–Crippen LogP) is 4.62. The molecule has 134 valence electrons. The molecule has 1 aromatic carbocycles. The third kappa shape index (κ3) is 4.48. The highest BCUT2D eigenvalue weighted by molar-refractivity contribution is 6.55. The Hall–Kier alpha value is -0.680. The number of benzene rings is 1. The van der Waals surface area contributed by atoms with Gasteiger partial charge in [-0.3, -0.25) is 9.59 Å². The smallest absolute Gasteiger partial charge is 0.260 e. The molecule has 1 rings (SSSR count). The maximum Gasteiger partial charge on any atom is 0.260 e. The molecule has 0 atom stereocenters. The van der Waals surface area contributed by atoms with Gasteiger partial charge < -0.3 is 9.80 Å². The number of alkyl halides is 4. The molecule has 4 nitrogen and oxygen atoms in total. The average molecular weight is 414 g/mol. The van der Waals surface area contributed by atoms with Gasteiger partial charge in [-0.2, -0.15) is 0 Å². The minimum atomic E-state index is -1.20. The third-order valence-electron chi connectivity index (χ3n) is 3.63. The third-order valence-corrected chi connectivity index (χ3v) is 4.38. The van der Waals surface area contributed by atoms with Gasteiger partial charge in [0.25, 0.3) is 11.8 Å². The Balaban J connectivity index is 3.63. The van der Waals surface area contributed by atoms with E-state index in [0.717, 1.165) is 11.1 Å². The first-order valence-corrected chi connectivity index (χ1v) is 9.21. The highest BCUT2D eigenvalue weighted by atomic mass is 35.5. The molecule has 0 heterocycles. The van der Waals surface area contributed by atoms with Gasteiger partial charge in [0.1, 0.15) is 0 Å². The molecule has 0 radical (unpaired) electrons. The number of carbonyl (C=O) groups is 2. The number of anilines is 2. The highest BCUT2D eigenvalue weighted by Crippen LogP contribution is 2.37. The van der Waals surface area contributed by atoms with E-state index in [-0.39, 0.29) is 0 Å². The fourth-order valence-corrected chi connectivity index (χ4v) is 3.02. The lowest BCUT2D eigenvalue weighted by Crippen LogP contribution is -2.40. The van der Waals surface area contributed by atoms with Crippen LogP contribution < -0.4 is 9.80 Å². The molecule has 0 aromatic heterocycles. The van der Waals surface area contributed by atoms with Crippen molar-refractivity contribution in [1.29, 1.82) is 0 Å². The van der Waals surface area contributed by atoms with Crippen LogP contribution in [0.15, 0.2) is 12.1 Å². The lowest BCUT2D eigenvalue weighted by atomic mass is 10.0. The Morgan fingerprint density at radius 1 is 0.833 bits per heavy atom. The molecular formula is C16H20Cl4N2O2. The minimum Gasteiger partial charge on any atom is -0.308 e. The summed E-state index contributed by atoms with van der Waals surface area (Å²) in [5.74, 6) is -0.903. The van der Waals surface area contributed by atoms with Crippen LogP contribution in [0.1, 0.15) is 25.0 Å². The topological polar surface area (TPSA) is 40.6 Å². The Kier molecular flexibility index (Phi) is 8.13. The largest absolute Gasteiger partial charge is 0.308 e. The van der Waals surface area contributed by atoms with Crippen LogP contribution in [0.5, 0.6) is 0 Å². The Bertz CT molecular complexity index is 567. The summed E-state index contributed by atoms with van der Waals surface area (Å²) in [7, 11) is 0. The van der Waals surface area contributed by atoms with E-state index < -0.39 is 21.5 Å². The van der Waals surface area contributed by atoms with E-state index in [1.807, 2.05) is 39.8 Å². The molecule has 24 heavy (non-hydrogen) atoms. The van der Waals surface area contributed by atoms with Crippen LogP contribution in [0.4, 0.5) is 11.4 Å². The van der Waals surface area contributed by atoms with Gasteiger partial charge in [-0.1, -0.05) is 58.5 Å². The monoisotopic (exact) mass is 412 g/mol. The average Bonchev–Trinajstić information content (AvgIpc) is 2.53. The van der Waals surface area contributed by atoms with Crippen LogP contribution in [-0.4, -0.2) is 34.6 Å². The van der Waals surface area contributed by atoms with E-state index >= 15 is 0 Å². The van der Waals surface area contributed by atoms with Gasteiger partial charge in [0.15, 0.2) is 9.67 Å². The molecule has 0 aliphatic rings. The molecule has 0 spiro atoms. The summed E-state index contributed by atoms with van der Waals surface area (Å²) in [4.78, 5) is 25.4.